The highest BCUT2D eigenvalue weighted by atomic mass is 32.2. The molecule has 0 aliphatic carbocycles. The molecule has 1 saturated heterocycles. The predicted octanol–water partition coefficient (Wildman–Crippen LogP) is 2.22. The summed E-state index contributed by atoms with van der Waals surface area (Å²) in [4.78, 5) is 10.9. The molecule has 0 spiro atoms. The van der Waals surface area contributed by atoms with Crippen LogP contribution in [0.1, 0.15) is 19.3 Å². The summed E-state index contributed by atoms with van der Waals surface area (Å²) in [5.74, 6) is 0. The van der Waals surface area contributed by atoms with Crippen molar-refractivity contribution in [1.29, 1.82) is 0 Å². The summed E-state index contributed by atoms with van der Waals surface area (Å²) in [6.45, 7) is 1.78. The van der Waals surface area contributed by atoms with Gasteiger partial charge in [-0.1, -0.05) is 5.22 Å². The Morgan fingerprint density at radius 2 is 1.82 bits per heavy atom. The Bertz CT molecular complexity index is 637. The van der Waals surface area contributed by atoms with Gasteiger partial charge in [0.05, 0.1) is 17.7 Å². The van der Waals surface area contributed by atoms with Gasteiger partial charge < -0.3 is 4.74 Å². The summed E-state index contributed by atoms with van der Waals surface area (Å²) in [5.41, 5.74) is 0.544. The van der Waals surface area contributed by atoms with E-state index in [9.17, 15) is 13.2 Å². The molecule has 0 saturated carbocycles. The molecule has 0 unspecified atom stereocenters. The number of carbonyl (C=O) groups excluding carboxylic acids is 1. The normalized spacial score (nSPS) is 15.8. The van der Waals surface area contributed by atoms with Gasteiger partial charge in [-0.25, -0.2) is 17.9 Å². The van der Waals surface area contributed by atoms with Crippen LogP contribution >= 0.6 is 0 Å². The maximum atomic E-state index is 11.8. The summed E-state index contributed by atoms with van der Waals surface area (Å²) < 4.78 is 29.7. The van der Waals surface area contributed by atoms with Crippen LogP contribution in [0.4, 0.5) is 10.5 Å². The van der Waals surface area contributed by atoms with Crippen LogP contribution in [0.25, 0.3) is 0 Å². The molecular formula is C13H18N4O4S. The van der Waals surface area contributed by atoms with E-state index in [0.29, 0.717) is 5.69 Å². The zero-order valence-corrected chi connectivity index (χ0v) is 13.0. The molecule has 8 nitrogen and oxygen atoms in total. The fourth-order valence-electron chi connectivity index (χ4n) is 1.98. The zero-order chi connectivity index (χ0) is 16.0. The van der Waals surface area contributed by atoms with Crippen molar-refractivity contribution in [3.05, 3.63) is 24.3 Å². The quantitative estimate of drug-likeness (QED) is 0.855. The highest BCUT2D eigenvalue weighted by Gasteiger charge is 2.17. The van der Waals surface area contributed by atoms with Crippen LogP contribution in [0.5, 0.6) is 0 Å². The first-order chi connectivity index (χ1) is 10.5. The van der Waals surface area contributed by atoms with E-state index < -0.39 is 16.1 Å². The molecule has 0 bridgehead atoms. The number of rotatable bonds is 4. The van der Waals surface area contributed by atoms with Gasteiger partial charge in [0.15, 0.2) is 0 Å². The second kappa shape index (κ2) is 7.21. The largest absolute Gasteiger partial charge is 0.452 e. The van der Waals surface area contributed by atoms with Gasteiger partial charge in [0.2, 0.25) is 0 Å². The highest BCUT2D eigenvalue weighted by molar-refractivity contribution is 7.90. The van der Waals surface area contributed by atoms with Crippen molar-refractivity contribution in [3.63, 3.8) is 0 Å². The molecule has 22 heavy (non-hydrogen) atoms. The van der Waals surface area contributed by atoms with Crippen LogP contribution in [0.2, 0.25) is 0 Å². The Hall–Kier alpha value is -2.16. The molecule has 0 aromatic heterocycles. The second-order valence-corrected chi connectivity index (χ2v) is 6.48. The lowest BCUT2D eigenvalue weighted by Gasteiger charge is -2.21. The van der Waals surface area contributed by atoms with E-state index in [0.717, 1.165) is 33.0 Å². The van der Waals surface area contributed by atoms with Gasteiger partial charge in [-0.3, -0.25) is 5.01 Å². The Labute approximate surface area is 129 Å². The average Bonchev–Trinajstić information content (AvgIpc) is 2.54. The van der Waals surface area contributed by atoms with E-state index in [2.05, 4.69) is 15.1 Å². The van der Waals surface area contributed by atoms with Gasteiger partial charge in [0, 0.05) is 13.1 Å². The third kappa shape index (κ3) is 4.42. The molecule has 0 radical (unpaired) electrons. The van der Waals surface area contributed by atoms with Crippen LogP contribution in [0, 0.1) is 0 Å². The van der Waals surface area contributed by atoms with E-state index in [1.165, 1.54) is 30.7 Å². The lowest BCUT2D eigenvalue weighted by atomic mass is 10.2. The molecule has 1 aromatic rings. The number of nitrogens with zero attached hydrogens (tertiary/aromatic N) is 3. The summed E-state index contributed by atoms with van der Waals surface area (Å²) in [5, 5.41) is 10.1. The standard InChI is InChI=1S/C13H18N4O4S/c1-21-13(18)15-22(19,20)12-7-5-11(6-8-12)14-16-17-9-3-2-4-10-17/h5-8H,2-4,9-10H2,1H3,(H,15,18). The first-order valence-electron chi connectivity index (χ1n) is 6.89. The number of ether oxygens (including phenoxy) is 1. The van der Waals surface area contributed by atoms with Crippen molar-refractivity contribution >= 4 is 21.8 Å². The minimum atomic E-state index is -3.93. The number of sulfonamides is 1. The molecule has 2 rings (SSSR count). The van der Waals surface area contributed by atoms with Crippen LogP contribution in [-0.4, -0.2) is 39.7 Å². The Balaban J connectivity index is 2.03. The summed E-state index contributed by atoms with van der Waals surface area (Å²) >= 11 is 0. The summed E-state index contributed by atoms with van der Waals surface area (Å²) in [6, 6.07) is 5.77. The number of hydrogen-bond donors (Lipinski definition) is 1. The Morgan fingerprint density at radius 3 is 2.41 bits per heavy atom. The molecule has 9 heteroatoms. The smallest absolute Gasteiger partial charge is 0.420 e. The zero-order valence-electron chi connectivity index (χ0n) is 12.2. The summed E-state index contributed by atoms with van der Waals surface area (Å²) in [7, 11) is -2.84. The van der Waals surface area contributed by atoms with E-state index in [1.54, 1.807) is 4.72 Å². The van der Waals surface area contributed by atoms with Crippen LogP contribution < -0.4 is 4.72 Å². The molecule has 120 valence electrons. The molecule has 1 heterocycles. The molecule has 1 N–H and O–H groups in total. The van der Waals surface area contributed by atoms with E-state index in [1.807, 2.05) is 5.01 Å². The van der Waals surface area contributed by atoms with Gasteiger partial charge in [-0.15, -0.1) is 5.11 Å². The molecule has 1 fully saturated rings. The van der Waals surface area contributed by atoms with Gasteiger partial charge in [0.25, 0.3) is 10.0 Å². The van der Waals surface area contributed by atoms with Crippen molar-refractivity contribution in [1.82, 2.24) is 9.73 Å². The third-order valence-electron chi connectivity index (χ3n) is 3.17. The minimum Gasteiger partial charge on any atom is -0.452 e. The van der Waals surface area contributed by atoms with Crippen molar-refractivity contribution in [3.8, 4) is 0 Å². The van der Waals surface area contributed by atoms with Crippen LogP contribution in [0.3, 0.4) is 0 Å². The number of carbonyl (C=O) groups is 1. The average molecular weight is 326 g/mol. The van der Waals surface area contributed by atoms with Crippen molar-refractivity contribution in [2.75, 3.05) is 20.2 Å². The first kappa shape index (κ1) is 16.2. The van der Waals surface area contributed by atoms with E-state index in [-0.39, 0.29) is 4.90 Å². The van der Waals surface area contributed by atoms with Crippen LogP contribution in [0.15, 0.2) is 39.5 Å². The number of amides is 1. The minimum absolute atomic E-state index is 0.0465. The fourth-order valence-corrected chi connectivity index (χ4v) is 2.90. The van der Waals surface area contributed by atoms with E-state index in [4.69, 9.17) is 0 Å². The van der Waals surface area contributed by atoms with Crippen molar-refractivity contribution in [2.24, 2.45) is 10.3 Å². The Morgan fingerprint density at radius 1 is 1.18 bits per heavy atom. The number of nitrogens with one attached hydrogen (secondary N) is 1. The lowest BCUT2D eigenvalue weighted by Crippen LogP contribution is -2.30. The molecule has 1 aliphatic rings. The van der Waals surface area contributed by atoms with Gasteiger partial charge >= 0.3 is 6.09 Å². The SMILES string of the molecule is COC(=O)NS(=O)(=O)c1ccc(N=NN2CCCCC2)cc1. The fraction of sp³-hybridized carbons (Fsp3) is 0.462. The summed E-state index contributed by atoms with van der Waals surface area (Å²) in [6.07, 6.45) is 2.39. The monoisotopic (exact) mass is 326 g/mol. The van der Waals surface area contributed by atoms with E-state index >= 15 is 0 Å². The molecule has 0 atom stereocenters. The number of hydrogen-bond acceptors (Lipinski definition) is 6. The molecule has 1 amide bonds. The molecular weight excluding hydrogens is 308 g/mol. The lowest BCUT2D eigenvalue weighted by molar-refractivity contribution is 0.177. The third-order valence-corrected chi connectivity index (χ3v) is 4.50. The predicted molar refractivity (Wildman–Crippen MR) is 79.1 cm³/mol. The highest BCUT2D eigenvalue weighted by Crippen LogP contribution is 2.18. The maximum Gasteiger partial charge on any atom is 0.420 e. The van der Waals surface area contributed by atoms with Gasteiger partial charge in [0.1, 0.15) is 0 Å². The Kier molecular flexibility index (Phi) is 5.31. The maximum absolute atomic E-state index is 11.8. The number of benzene rings is 1. The van der Waals surface area contributed by atoms with Crippen LogP contribution in [-0.2, 0) is 14.8 Å². The van der Waals surface area contributed by atoms with Gasteiger partial charge in [-0.05, 0) is 43.5 Å². The topological polar surface area (TPSA) is 100 Å². The van der Waals surface area contributed by atoms with Crippen molar-refractivity contribution in [2.45, 2.75) is 24.2 Å². The number of methoxy groups -OCH3 is 1. The van der Waals surface area contributed by atoms with Crippen molar-refractivity contribution < 1.29 is 17.9 Å². The number of piperidine rings is 1. The molecule has 1 aromatic carbocycles. The molecule has 1 aliphatic heterocycles. The van der Waals surface area contributed by atoms with Gasteiger partial charge in [-0.2, -0.15) is 0 Å². The second-order valence-electron chi connectivity index (χ2n) is 4.79. The first-order valence-corrected chi connectivity index (χ1v) is 8.37.